The Hall–Kier alpha value is -0.520. The molecule has 0 aromatic heterocycles. The van der Waals surface area contributed by atoms with Crippen molar-refractivity contribution in [1.29, 1.82) is 0 Å². The van der Waals surface area contributed by atoms with E-state index >= 15 is 0 Å². The molecule has 12 heavy (non-hydrogen) atoms. The molecule has 0 saturated heterocycles. The molecule has 0 aliphatic rings. The van der Waals surface area contributed by atoms with Crippen molar-refractivity contribution >= 4 is 0 Å². The zero-order valence-electron chi connectivity index (χ0n) is 8.55. The molecule has 0 fully saturated rings. The van der Waals surface area contributed by atoms with Gasteiger partial charge in [0, 0.05) is 0 Å². The lowest BCUT2D eigenvalue weighted by molar-refractivity contribution is 0.728. The lowest BCUT2D eigenvalue weighted by atomic mass is 10.2. The second-order valence-electron chi connectivity index (χ2n) is 3.11. The van der Waals surface area contributed by atoms with Crippen LogP contribution in [0.25, 0.3) is 0 Å². The molecule has 0 amide bonds. The van der Waals surface area contributed by atoms with Gasteiger partial charge in [-0.1, -0.05) is 44.1 Å². The summed E-state index contributed by atoms with van der Waals surface area (Å²) in [5.74, 6) is 0. The minimum atomic E-state index is 1.20. The van der Waals surface area contributed by atoms with Gasteiger partial charge in [0.25, 0.3) is 0 Å². The molecule has 0 bridgehead atoms. The van der Waals surface area contributed by atoms with Crippen molar-refractivity contribution in [3.8, 4) is 0 Å². The van der Waals surface area contributed by atoms with Gasteiger partial charge in [-0.3, -0.25) is 0 Å². The summed E-state index contributed by atoms with van der Waals surface area (Å²) in [4.78, 5) is 0. The number of hydrogen-bond donors (Lipinski definition) is 0. The first kappa shape index (κ1) is 11.5. The molecule has 0 unspecified atom stereocenters. The number of allylic oxidation sites excluding steroid dienone is 4. The highest BCUT2D eigenvalue weighted by atomic mass is 13.9. The van der Waals surface area contributed by atoms with Crippen molar-refractivity contribution in [1.82, 2.24) is 0 Å². The van der Waals surface area contributed by atoms with Crippen LogP contribution in [0, 0.1) is 0 Å². The van der Waals surface area contributed by atoms with Gasteiger partial charge in [0.15, 0.2) is 0 Å². The van der Waals surface area contributed by atoms with Gasteiger partial charge >= 0.3 is 0 Å². The molecule has 0 aliphatic heterocycles. The van der Waals surface area contributed by atoms with Gasteiger partial charge in [-0.05, 0) is 32.6 Å². The molecule has 0 aromatic rings. The third kappa shape index (κ3) is 9.48. The third-order valence-electron chi connectivity index (χ3n) is 1.88. The lowest BCUT2D eigenvalue weighted by Gasteiger charge is -1.91. The Kier molecular flexibility index (Phi) is 10.0. The van der Waals surface area contributed by atoms with Gasteiger partial charge in [0.05, 0.1) is 0 Å². The fraction of sp³-hybridized carbons (Fsp3) is 0.667. The molecule has 0 radical (unpaired) electrons. The summed E-state index contributed by atoms with van der Waals surface area (Å²) >= 11 is 0. The molecular formula is C12H22. The monoisotopic (exact) mass is 166 g/mol. The molecule has 0 rings (SSSR count). The topological polar surface area (TPSA) is 0 Å². The highest BCUT2D eigenvalue weighted by Crippen LogP contribution is 2.01. The quantitative estimate of drug-likeness (QED) is 0.386. The van der Waals surface area contributed by atoms with Gasteiger partial charge in [-0.15, -0.1) is 0 Å². The molecule has 0 atom stereocenters. The van der Waals surface area contributed by atoms with Crippen LogP contribution in [0.15, 0.2) is 24.3 Å². The Morgan fingerprint density at radius 2 is 1.50 bits per heavy atom. The largest absolute Gasteiger partial charge is 0.0917 e. The molecule has 0 heterocycles. The number of unbranched alkanes of at least 4 members (excludes halogenated alkanes) is 4. The molecule has 0 N–H and O–H groups in total. The maximum absolute atomic E-state index is 2.32. The molecular weight excluding hydrogens is 144 g/mol. The van der Waals surface area contributed by atoms with E-state index in [9.17, 15) is 0 Å². The van der Waals surface area contributed by atoms with E-state index in [0.717, 1.165) is 0 Å². The second kappa shape index (κ2) is 10.5. The SMILES string of the molecule is C/C=C/CC/C=C\CCCCC. The van der Waals surface area contributed by atoms with Crippen molar-refractivity contribution in [3.63, 3.8) is 0 Å². The molecule has 70 valence electrons. The van der Waals surface area contributed by atoms with Crippen LogP contribution in [0.4, 0.5) is 0 Å². The molecule has 0 aromatic carbocycles. The minimum absolute atomic E-state index is 1.20. The first-order chi connectivity index (χ1) is 5.91. The van der Waals surface area contributed by atoms with E-state index in [4.69, 9.17) is 0 Å². The molecule has 0 nitrogen and oxygen atoms in total. The van der Waals surface area contributed by atoms with Crippen LogP contribution in [0.3, 0.4) is 0 Å². The van der Waals surface area contributed by atoms with Crippen molar-refractivity contribution in [2.75, 3.05) is 0 Å². The average molecular weight is 166 g/mol. The fourth-order valence-corrected chi connectivity index (χ4v) is 1.11. The van der Waals surface area contributed by atoms with E-state index in [1.807, 2.05) is 0 Å². The maximum atomic E-state index is 2.32. The highest BCUT2D eigenvalue weighted by Gasteiger charge is 1.81. The van der Waals surface area contributed by atoms with Crippen molar-refractivity contribution in [2.45, 2.75) is 52.4 Å². The zero-order chi connectivity index (χ0) is 9.07. The van der Waals surface area contributed by atoms with E-state index < -0.39 is 0 Å². The van der Waals surface area contributed by atoms with E-state index in [0.29, 0.717) is 0 Å². The van der Waals surface area contributed by atoms with Crippen LogP contribution in [-0.2, 0) is 0 Å². The highest BCUT2D eigenvalue weighted by molar-refractivity contribution is 4.86. The number of hydrogen-bond acceptors (Lipinski definition) is 0. The summed E-state index contributed by atoms with van der Waals surface area (Å²) in [6.07, 6.45) is 16.7. The predicted molar refractivity (Wildman–Crippen MR) is 57.3 cm³/mol. The van der Waals surface area contributed by atoms with Crippen LogP contribution in [0.2, 0.25) is 0 Å². The molecule has 0 saturated carbocycles. The van der Waals surface area contributed by atoms with Crippen LogP contribution >= 0.6 is 0 Å². The van der Waals surface area contributed by atoms with Gasteiger partial charge < -0.3 is 0 Å². The van der Waals surface area contributed by atoms with Gasteiger partial charge in [-0.2, -0.15) is 0 Å². The zero-order valence-corrected chi connectivity index (χ0v) is 8.55. The fourth-order valence-electron chi connectivity index (χ4n) is 1.11. The van der Waals surface area contributed by atoms with Gasteiger partial charge in [0.2, 0.25) is 0 Å². The smallest absolute Gasteiger partial charge is 0.0316 e. The van der Waals surface area contributed by atoms with Crippen LogP contribution in [-0.4, -0.2) is 0 Å². The second-order valence-corrected chi connectivity index (χ2v) is 3.11. The Morgan fingerprint density at radius 1 is 0.833 bits per heavy atom. The van der Waals surface area contributed by atoms with Crippen molar-refractivity contribution in [2.24, 2.45) is 0 Å². The van der Waals surface area contributed by atoms with Crippen molar-refractivity contribution < 1.29 is 0 Å². The van der Waals surface area contributed by atoms with E-state index in [-0.39, 0.29) is 0 Å². The lowest BCUT2D eigenvalue weighted by Crippen LogP contribution is -1.71. The van der Waals surface area contributed by atoms with Crippen LogP contribution < -0.4 is 0 Å². The Bertz CT molecular complexity index is 120. The summed E-state index contributed by atoms with van der Waals surface area (Å²) in [6.45, 7) is 4.32. The first-order valence-corrected chi connectivity index (χ1v) is 5.18. The summed E-state index contributed by atoms with van der Waals surface area (Å²) in [7, 11) is 0. The minimum Gasteiger partial charge on any atom is -0.0917 e. The third-order valence-corrected chi connectivity index (χ3v) is 1.88. The van der Waals surface area contributed by atoms with Gasteiger partial charge in [-0.25, -0.2) is 0 Å². The molecule has 0 heteroatoms. The Morgan fingerprint density at radius 3 is 2.17 bits per heavy atom. The van der Waals surface area contributed by atoms with Crippen LogP contribution in [0.5, 0.6) is 0 Å². The standard InChI is InChI=1S/C12H22/c1-3-5-7-9-11-12-10-8-6-4-2/h3,5,11-12H,4,6-10H2,1-2H3/b5-3+,12-11-. The van der Waals surface area contributed by atoms with Crippen LogP contribution in [0.1, 0.15) is 52.4 Å². The molecule has 0 aliphatic carbocycles. The predicted octanol–water partition coefficient (Wildman–Crippen LogP) is 4.48. The Labute approximate surface area is 77.4 Å². The summed E-state index contributed by atoms with van der Waals surface area (Å²) in [6, 6.07) is 0. The maximum Gasteiger partial charge on any atom is -0.0316 e. The van der Waals surface area contributed by atoms with E-state index in [1.54, 1.807) is 0 Å². The van der Waals surface area contributed by atoms with Crippen molar-refractivity contribution in [3.05, 3.63) is 24.3 Å². The number of rotatable bonds is 7. The summed E-state index contributed by atoms with van der Waals surface area (Å²) in [5, 5.41) is 0. The average Bonchev–Trinajstić information content (AvgIpc) is 2.10. The normalized spacial score (nSPS) is 11.8. The van der Waals surface area contributed by atoms with E-state index in [1.165, 1.54) is 38.5 Å². The first-order valence-electron chi connectivity index (χ1n) is 5.18. The van der Waals surface area contributed by atoms with E-state index in [2.05, 4.69) is 38.2 Å². The Balaban J connectivity index is 3.03. The van der Waals surface area contributed by atoms with Gasteiger partial charge in [0.1, 0.15) is 0 Å². The summed E-state index contributed by atoms with van der Waals surface area (Å²) in [5.41, 5.74) is 0. The molecule has 0 spiro atoms. The summed E-state index contributed by atoms with van der Waals surface area (Å²) < 4.78 is 0.